The van der Waals surface area contributed by atoms with Gasteiger partial charge in [0.05, 0.1) is 0 Å². The van der Waals surface area contributed by atoms with Crippen LogP contribution in [0.1, 0.15) is 44.2 Å². The Morgan fingerprint density at radius 1 is 0.774 bits per heavy atom. The third-order valence-electron chi connectivity index (χ3n) is 5.66. The molecule has 4 aromatic carbocycles. The van der Waals surface area contributed by atoms with Crippen LogP contribution in [0.5, 0.6) is 0 Å². The number of aryl methyl sites for hydroxylation is 2. The average molecular weight is 528 g/mol. The third-order valence-corrected chi connectivity index (χ3v) is 5.66. The van der Waals surface area contributed by atoms with Gasteiger partial charge in [-0.3, -0.25) is 0 Å². The molecule has 0 saturated heterocycles. The van der Waals surface area contributed by atoms with E-state index in [1.807, 2.05) is 0 Å². The van der Waals surface area contributed by atoms with E-state index in [2.05, 4.69) is 92.7 Å². The molecule has 0 aliphatic rings. The molecule has 0 aromatic heterocycles. The Morgan fingerprint density at radius 2 is 1.45 bits per heavy atom. The summed E-state index contributed by atoms with van der Waals surface area (Å²) in [7, 11) is 9.87. The first kappa shape index (κ1) is 24.4. The van der Waals surface area contributed by atoms with Gasteiger partial charge in [0.2, 0.25) is 0 Å². The minimum absolute atomic E-state index is 0.826. The van der Waals surface area contributed by atoms with Gasteiger partial charge in [0.1, 0.15) is 0 Å². The first-order valence-electron chi connectivity index (χ1n) is 11.1. The molecule has 0 radical (unpaired) electrons. The molecule has 0 aliphatic heterocycles. The zero-order valence-electron chi connectivity index (χ0n) is 18.3. The number of halogens is 2. The summed E-state index contributed by atoms with van der Waals surface area (Å²) in [5, 5.41) is 2.80. The molecule has 0 fully saturated rings. The molecule has 4 aromatic rings. The number of hydrogen-bond donors (Lipinski definition) is 0. The summed E-state index contributed by atoms with van der Waals surface area (Å²) >= 11 is -0.826. The van der Waals surface area contributed by atoms with Crippen molar-refractivity contribution in [3.8, 4) is 22.3 Å². The van der Waals surface area contributed by atoms with E-state index in [0.717, 1.165) is 12.8 Å². The maximum absolute atomic E-state index is 4.93. The Bertz CT molecular complexity index is 1080. The molecule has 0 N–H and O–H groups in total. The monoisotopic (exact) mass is 525 g/mol. The van der Waals surface area contributed by atoms with E-state index in [9.17, 15) is 0 Å². The van der Waals surface area contributed by atoms with Gasteiger partial charge in [-0.1, -0.05) is 98.8 Å². The topological polar surface area (TPSA) is 0 Å². The zero-order chi connectivity index (χ0) is 22.1. The second-order valence-corrected chi connectivity index (χ2v) is 11.5. The van der Waals surface area contributed by atoms with Crippen LogP contribution in [0.25, 0.3) is 33.0 Å². The molecule has 0 nitrogen and oxygen atoms in total. The van der Waals surface area contributed by atoms with E-state index >= 15 is 0 Å². The number of benzene rings is 3. The predicted octanol–water partition coefficient (Wildman–Crippen LogP) is 9.56. The summed E-state index contributed by atoms with van der Waals surface area (Å²) in [6, 6.07) is 29.2. The second kappa shape index (κ2) is 12.7. The predicted molar refractivity (Wildman–Crippen MR) is 135 cm³/mol. The van der Waals surface area contributed by atoms with Gasteiger partial charge in [0.25, 0.3) is 0 Å². The Labute approximate surface area is 205 Å². The summed E-state index contributed by atoms with van der Waals surface area (Å²) in [5.74, 6) is 0. The van der Waals surface area contributed by atoms with Gasteiger partial charge in [-0.05, 0) is 29.5 Å². The van der Waals surface area contributed by atoms with Crippen molar-refractivity contribution in [3.63, 3.8) is 0 Å². The Kier molecular flexibility index (Phi) is 9.98. The maximum atomic E-state index is 4.93. The van der Waals surface area contributed by atoms with Gasteiger partial charge in [-0.2, -0.15) is 6.07 Å². The van der Waals surface area contributed by atoms with Crippen LogP contribution in [0.15, 0.2) is 78.9 Å². The van der Waals surface area contributed by atoms with E-state index in [0.29, 0.717) is 0 Å². The fourth-order valence-electron chi connectivity index (χ4n) is 4.28. The summed E-state index contributed by atoms with van der Waals surface area (Å²) in [6.45, 7) is 4.54. The van der Waals surface area contributed by atoms with Crippen LogP contribution in [0, 0.1) is 0 Å². The molecule has 0 aliphatic carbocycles. The van der Waals surface area contributed by atoms with E-state index < -0.39 is 20.8 Å². The van der Waals surface area contributed by atoms with Gasteiger partial charge < -0.3 is 0 Å². The normalized spacial score (nSPS) is 10.6. The first-order chi connectivity index (χ1) is 15.2. The Balaban J connectivity index is 0.000000858. The fraction of sp³-hybridized carbons (Fsp3) is 0.250. The van der Waals surface area contributed by atoms with E-state index in [4.69, 9.17) is 17.0 Å². The average Bonchev–Trinajstić information content (AvgIpc) is 3.22. The van der Waals surface area contributed by atoms with Crippen molar-refractivity contribution >= 4 is 27.8 Å². The fourth-order valence-corrected chi connectivity index (χ4v) is 4.28. The Morgan fingerprint density at radius 3 is 2.13 bits per heavy atom. The first-order valence-corrected chi connectivity index (χ1v) is 17.4. The molecule has 0 heterocycles. The van der Waals surface area contributed by atoms with Crippen LogP contribution in [-0.2, 0) is 33.7 Å². The van der Waals surface area contributed by atoms with Crippen LogP contribution in [-0.4, -0.2) is 0 Å². The quantitative estimate of drug-likeness (QED) is 0.210. The van der Waals surface area contributed by atoms with Gasteiger partial charge in [0.15, 0.2) is 0 Å². The minimum atomic E-state index is -0.826. The molecule has 4 rings (SSSR count). The van der Waals surface area contributed by atoms with Crippen molar-refractivity contribution in [1.82, 2.24) is 0 Å². The van der Waals surface area contributed by atoms with E-state index in [1.54, 1.807) is 0 Å². The number of unbranched alkanes of at least 4 members (excludes halogenated alkanes) is 1. The Hall–Kier alpha value is -1.27. The van der Waals surface area contributed by atoms with Crippen LogP contribution >= 0.6 is 17.0 Å². The van der Waals surface area contributed by atoms with Crippen molar-refractivity contribution in [3.05, 3.63) is 90.0 Å². The molecule has 0 unspecified atom stereocenters. The van der Waals surface area contributed by atoms with Crippen LogP contribution < -0.4 is 0 Å². The van der Waals surface area contributed by atoms with Crippen LogP contribution in [0.2, 0.25) is 0 Å². The van der Waals surface area contributed by atoms with Gasteiger partial charge in [-0.15, -0.1) is 34.5 Å². The molecule has 0 bridgehead atoms. The van der Waals surface area contributed by atoms with E-state index in [1.165, 1.54) is 63.4 Å². The second-order valence-electron chi connectivity index (χ2n) is 7.80. The van der Waals surface area contributed by atoms with Crippen molar-refractivity contribution in [2.45, 2.75) is 46.0 Å². The van der Waals surface area contributed by atoms with Crippen molar-refractivity contribution in [2.24, 2.45) is 0 Å². The van der Waals surface area contributed by atoms with Crippen molar-refractivity contribution in [2.75, 3.05) is 0 Å². The summed E-state index contributed by atoms with van der Waals surface area (Å²) in [4.78, 5) is 0. The van der Waals surface area contributed by atoms with Gasteiger partial charge in [0, 0.05) is 0 Å². The molecule has 0 atom stereocenters. The molecule has 160 valence electrons. The molecule has 0 amide bonds. The molecule has 31 heavy (non-hydrogen) atoms. The van der Waals surface area contributed by atoms with Gasteiger partial charge >= 0.3 is 37.9 Å². The number of fused-ring (bicyclic) bond motifs is 1. The molecular formula is C28H29Cl2Zr-. The molecule has 0 saturated carbocycles. The SMILES string of the molecule is CCCCc1cc2c(-c3ccccc3-c3ccccc3)c(CCC)ccc2[cH-]1.[Cl][Zr][Cl]. The third kappa shape index (κ3) is 6.16. The standard InChI is InChI=1S/C28H29.2ClH.Zr/c1-3-5-12-21-19-24-18-17-23(11-4-2)28(27(24)20-21)26-16-10-9-15-25(26)22-13-7-6-8-14-22;;;/h6-10,13-20H,3-5,11-12H2,1-2H3;2*1H;/q-1;;;+2/p-2. The van der Waals surface area contributed by atoms with Crippen molar-refractivity contribution in [1.29, 1.82) is 0 Å². The summed E-state index contributed by atoms with van der Waals surface area (Å²) in [5.41, 5.74) is 8.34. The number of rotatable bonds is 7. The van der Waals surface area contributed by atoms with Crippen LogP contribution in [0.3, 0.4) is 0 Å². The zero-order valence-corrected chi connectivity index (χ0v) is 22.3. The van der Waals surface area contributed by atoms with E-state index in [-0.39, 0.29) is 0 Å². The summed E-state index contributed by atoms with van der Waals surface area (Å²) in [6.07, 6.45) is 5.95. The van der Waals surface area contributed by atoms with Gasteiger partial charge in [-0.25, -0.2) is 0 Å². The van der Waals surface area contributed by atoms with Crippen LogP contribution in [0.4, 0.5) is 0 Å². The number of hydrogen-bond acceptors (Lipinski definition) is 0. The molecular weight excluding hydrogens is 498 g/mol. The van der Waals surface area contributed by atoms with Crippen molar-refractivity contribution < 1.29 is 20.8 Å². The summed E-state index contributed by atoms with van der Waals surface area (Å²) < 4.78 is 0. The molecule has 0 spiro atoms. The molecule has 3 heteroatoms.